The number of ether oxygens (including phenoxy) is 1. The van der Waals surface area contributed by atoms with Gasteiger partial charge in [-0.1, -0.05) is 13.0 Å². The van der Waals surface area contributed by atoms with Crippen LogP contribution in [-0.4, -0.2) is 18.7 Å². The SMILES string of the molecule is CCC(N)CNc1cccc(OC(C)C)c1. The van der Waals surface area contributed by atoms with Gasteiger partial charge in [-0.3, -0.25) is 0 Å². The minimum Gasteiger partial charge on any atom is -0.491 e. The van der Waals surface area contributed by atoms with E-state index in [-0.39, 0.29) is 12.1 Å². The Kier molecular flexibility index (Phi) is 5.12. The second-order valence-electron chi connectivity index (χ2n) is 4.24. The fourth-order valence-corrected chi connectivity index (χ4v) is 1.34. The molecule has 1 atom stereocenters. The van der Waals surface area contributed by atoms with E-state index < -0.39 is 0 Å². The van der Waals surface area contributed by atoms with Crippen LogP contribution in [0.25, 0.3) is 0 Å². The number of nitrogens with two attached hydrogens (primary N) is 1. The van der Waals surface area contributed by atoms with Gasteiger partial charge in [0.2, 0.25) is 0 Å². The molecule has 1 aromatic carbocycles. The van der Waals surface area contributed by atoms with E-state index in [9.17, 15) is 0 Å². The maximum Gasteiger partial charge on any atom is 0.121 e. The second kappa shape index (κ2) is 6.38. The molecule has 3 N–H and O–H groups in total. The molecular weight excluding hydrogens is 200 g/mol. The molecule has 0 saturated carbocycles. The highest BCUT2D eigenvalue weighted by Crippen LogP contribution is 2.18. The van der Waals surface area contributed by atoms with Gasteiger partial charge in [-0.05, 0) is 32.4 Å². The van der Waals surface area contributed by atoms with E-state index in [1.54, 1.807) is 0 Å². The lowest BCUT2D eigenvalue weighted by Gasteiger charge is -2.14. The molecule has 3 heteroatoms. The van der Waals surface area contributed by atoms with Crippen LogP contribution in [0.1, 0.15) is 27.2 Å². The van der Waals surface area contributed by atoms with Crippen molar-refractivity contribution in [2.45, 2.75) is 39.3 Å². The van der Waals surface area contributed by atoms with Gasteiger partial charge in [0.05, 0.1) is 6.10 Å². The normalized spacial score (nSPS) is 12.6. The minimum absolute atomic E-state index is 0.202. The number of hydrogen-bond donors (Lipinski definition) is 2. The quantitative estimate of drug-likeness (QED) is 0.778. The van der Waals surface area contributed by atoms with Gasteiger partial charge < -0.3 is 15.8 Å². The van der Waals surface area contributed by atoms with Crippen LogP contribution in [-0.2, 0) is 0 Å². The van der Waals surface area contributed by atoms with Crippen molar-refractivity contribution in [3.63, 3.8) is 0 Å². The van der Waals surface area contributed by atoms with E-state index in [0.29, 0.717) is 0 Å². The van der Waals surface area contributed by atoms with Gasteiger partial charge in [-0.15, -0.1) is 0 Å². The number of nitrogens with one attached hydrogen (secondary N) is 1. The Bertz CT molecular complexity index is 313. The van der Waals surface area contributed by atoms with E-state index in [2.05, 4.69) is 12.2 Å². The van der Waals surface area contributed by atoms with Gasteiger partial charge >= 0.3 is 0 Å². The van der Waals surface area contributed by atoms with Crippen LogP contribution in [0.3, 0.4) is 0 Å². The van der Waals surface area contributed by atoms with Crippen LogP contribution in [0.15, 0.2) is 24.3 Å². The Balaban J connectivity index is 2.53. The summed E-state index contributed by atoms with van der Waals surface area (Å²) in [5, 5.41) is 3.30. The van der Waals surface area contributed by atoms with E-state index in [1.165, 1.54) is 0 Å². The molecule has 1 unspecified atom stereocenters. The van der Waals surface area contributed by atoms with Crippen molar-refractivity contribution in [1.82, 2.24) is 0 Å². The highest BCUT2D eigenvalue weighted by Gasteiger charge is 2.01. The van der Waals surface area contributed by atoms with E-state index in [4.69, 9.17) is 10.5 Å². The van der Waals surface area contributed by atoms with Crippen LogP contribution in [0, 0.1) is 0 Å². The molecule has 0 bridgehead atoms. The van der Waals surface area contributed by atoms with Crippen molar-refractivity contribution in [1.29, 1.82) is 0 Å². The zero-order valence-corrected chi connectivity index (χ0v) is 10.4. The van der Waals surface area contributed by atoms with Crippen LogP contribution < -0.4 is 15.8 Å². The maximum atomic E-state index is 5.85. The molecule has 0 fully saturated rings. The predicted octanol–water partition coefficient (Wildman–Crippen LogP) is 2.62. The second-order valence-corrected chi connectivity index (χ2v) is 4.24. The number of benzene rings is 1. The number of anilines is 1. The molecule has 16 heavy (non-hydrogen) atoms. The third kappa shape index (κ3) is 4.53. The average molecular weight is 222 g/mol. The lowest BCUT2D eigenvalue weighted by Crippen LogP contribution is -2.27. The molecule has 0 aromatic heterocycles. The lowest BCUT2D eigenvalue weighted by molar-refractivity contribution is 0.242. The first kappa shape index (κ1) is 12.8. The van der Waals surface area contributed by atoms with E-state index >= 15 is 0 Å². The van der Waals surface area contributed by atoms with Crippen LogP contribution >= 0.6 is 0 Å². The topological polar surface area (TPSA) is 47.3 Å². The molecule has 0 aliphatic heterocycles. The molecule has 3 nitrogen and oxygen atoms in total. The fourth-order valence-electron chi connectivity index (χ4n) is 1.34. The van der Waals surface area contributed by atoms with Crippen molar-refractivity contribution in [2.24, 2.45) is 5.73 Å². The highest BCUT2D eigenvalue weighted by atomic mass is 16.5. The third-order valence-electron chi connectivity index (χ3n) is 2.30. The van der Waals surface area contributed by atoms with Gasteiger partial charge in [0.1, 0.15) is 5.75 Å². The van der Waals surface area contributed by atoms with Crippen LogP contribution in [0.4, 0.5) is 5.69 Å². The zero-order chi connectivity index (χ0) is 12.0. The summed E-state index contributed by atoms with van der Waals surface area (Å²) in [7, 11) is 0. The molecule has 0 aliphatic carbocycles. The molecule has 0 aliphatic rings. The van der Waals surface area contributed by atoms with E-state index in [1.807, 2.05) is 38.1 Å². The maximum absolute atomic E-state index is 5.85. The molecule has 1 rings (SSSR count). The molecule has 90 valence electrons. The van der Waals surface area contributed by atoms with Crippen molar-refractivity contribution in [2.75, 3.05) is 11.9 Å². The minimum atomic E-state index is 0.202. The molecule has 0 spiro atoms. The third-order valence-corrected chi connectivity index (χ3v) is 2.30. The molecular formula is C13H22N2O. The zero-order valence-electron chi connectivity index (χ0n) is 10.4. The Hall–Kier alpha value is -1.22. The number of hydrogen-bond acceptors (Lipinski definition) is 3. The molecule has 1 aromatic rings. The summed E-state index contributed by atoms with van der Waals surface area (Å²) in [4.78, 5) is 0. The van der Waals surface area contributed by atoms with Crippen molar-refractivity contribution >= 4 is 5.69 Å². The van der Waals surface area contributed by atoms with Crippen LogP contribution in [0.5, 0.6) is 5.75 Å². The standard InChI is InChI=1S/C13H22N2O/c1-4-11(14)9-15-12-6-5-7-13(8-12)16-10(2)3/h5-8,10-11,15H,4,9,14H2,1-3H3. The van der Waals surface area contributed by atoms with Gasteiger partial charge in [0.25, 0.3) is 0 Å². The Labute approximate surface area is 98.0 Å². The van der Waals surface area contributed by atoms with Crippen molar-refractivity contribution < 1.29 is 4.74 Å². The summed E-state index contributed by atoms with van der Waals surface area (Å²) in [5.74, 6) is 0.894. The number of rotatable bonds is 6. The average Bonchev–Trinajstić information content (AvgIpc) is 2.25. The summed E-state index contributed by atoms with van der Waals surface area (Å²) in [6, 6.07) is 8.18. The van der Waals surface area contributed by atoms with Crippen molar-refractivity contribution in [3.8, 4) is 5.75 Å². The first-order chi connectivity index (χ1) is 7.61. The molecule has 0 heterocycles. The van der Waals surface area contributed by atoms with Gasteiger partial charge in [-0.2, -0.15) is 0 Å². The summed E-state index contributed by atoms with van der Waals surface area (Å²) in [6.07, 6.45) is 1.18. The first-order valence-electron chi connectivity index (χ1n) is 5.88. The fraction of sp³-hybridized carbons (Fsp3) is 0.538. The highest BCUT2D eigenvalue weighted by molar-refractivity contribution is 5.48. The predicted molar refractivity (Wildman–Crippen MR) is 69.0 cm³/mol. The van der Waals surface area contributed by atoms with E-state index in [0.717, 1.165) is 24.4 Å². The summed E-state index contributed by atoms with van der Waals surface area (Å²) >= 11 is 0. The smallest absolute Gasteiger partial charge is 0.121 e. The lowest BCUT2D eigenvalue weighted by atomic mass is 10.2. The summed E-state index contributed by atoms with van der Waals surface area (Å²) < 4.78 is 5.62. The Morgan fingerprint density at radius 2 is 2.12 bits per heavy atom. The Morgan fingerprint density at radius 1 is 1.38 bits per heavy atom. The largest absolute Gasteiger partial charge is 0.491 e. The summed E-state index contributed by atoms with van der Waals surface area (Å²) in [6.45, 7) is 6.92. The van der Waals surface area contributed by atoms with Gasteiger partial charge in [0.15, 0.2) is 0 Å². The Morgan fingerprint density at radius 3 is 2.75 bits per heavy atom. The molecule has 0 amide bonds. The monoisotopic (exact) mass is 222 g/mol. The van der Waals surface area contributed by atoms with Gasteiger partial charge in [-0.25, -0.2) is 0 Å². The molecule has 0 saturated heterocycles. The first-order valence-corrected chi connectivity index (χ1v) is 5.88. The van der Waals surface area contributed by atoms with Crippen LogP contribution in [0.2, 0.25) is 0 Å². The van der Waals surface area contributed by atoms with Crippen molar-refractivity contribution in [3.05, 3.63) is 24.3 Å². The molecule has 0 radical (unpaired) electrons. The van der Waals surface area contributed by atoms with Gasteiger partial charge in [0, 0.05) is 24.3 Å². The summed E-state index contributed by atoms with van der Waals surface area (Å²) in [5.41, 5.74) is 6.90.